The van der Waals surface area contributed by atoms with Crippen molar-refractivity contribution in [3.8, 4) is 55.6 Å². The van der Waals surface area contributed by atoms with Gasteiger partial charge in [0.1, 0.15) is 0 Å². The van der Waals surface area contributed by atoms with Gasteiger partial charge in [-0.15, -0.1) is 0 Å². The summed E-state index contributed by atoms with van der Waals surface area (Å²) in [6.45, 7) is 0. The molecule has 9 aromatic rings. The van der Waals surface area contributed by atoms with Crippen LogP contribution in [0.1, 0.15) is 0 Å². The molecule has 0 saturated carbocycles. The van der Waals surface area contributed by atoms with E-state index in [0.717, 1.165) is 5.56 Å². The SMILES string of the molecule is c1ccc(-c2ccc(-c3cc(-c4ccncc4)cc(-c4ccc(-c5ccc6c7ccccc7c7ccccc7c6c5)cc4)c3)cc2)cc1. The summed E-state index contributed by atoms with van der Waals surface area (Å²) >= 11 is 0. The van der Waals surface area contributed by atoms with E-state index >= 15 is 0 Å². The van der Waals surface area contributed by atoms with Crippen LogP contribution < -0.4 is 0 Å². The van der Waals surface area contributed by atoms with Crippen LogP contribution >= 0.6 is 0 Å². The number of pyridine rings is 1. The number of hydrogen-bond acceptors (Lipinski definition) is 1. The highest BCUT2D eigenvalue weighted by molar-refractivity contribution is 6.25. The largest absolute Gasteiger partial charge is 0.265 e. The third-order valence-electron chi connectivity index (χ3n) is 9.57. The van der Waals surface area contributed by atoms with Crippen LogP contribution in [-0.4, -0.2) is 4.98 Å². The van der Waals surface area contributed by atoms with Crippen LogP contribution in [0.25, 0.3) is 88.0 Å². The summed E-state index contributed by atoms with van der Waals surface area (Å²) in [5.74, 6) is 0. The van der Waals surface area contributed by atoms with Crippen LogP contribution in [0.3, 0.4) is 0 Å². The van der Waals surface area contributed by atoms with Crippen LogP contribution in [0, 0.1) is 0 Å². The second kappa shape index (κ2) is 11.8. The summed E-state index contributed by atoms with van der Waals surface area (Å²) in [5, 5.41) is 7.78. The fraction of sp³-hybridized carbons (Fsp3) is 0. The molecule has 0 radical (unpaired) electrons. The smallest absolute Gasteiger partial charge is 0.0273 e. The van der Waals surface area contributed by atoms with Gasteiger partial charge in [-0.25, -0.2) is 0 Å². The summed E-state index contributed by atoms with van der Waals surface area (Å²) in [6, 6.07) is 63.9. The standard InChI is InChI=1S/C47H31N/c1-2-8-32(9-3-1)33-14-18-35(19-15-33)39-28-40(30-41(29-39)37-24-26-48-27-25-37)36-20-16-34(17-21-36)38-22-23-46-44-12-5-4-10-42(44)43-11-6-7-13-45(43)47(46)31-38/h1-31H. The second-order valence-corrected chi connectivity index (χ2v) is 12.4. The van der Waals surface area contributed by atoms with Crippen molar-refractivity contribution in [3.63, 3.8) is 0 Å². The molecular weight excluding hydrogens is 579 g/mol. The van der Waals surface area contributed by atoms with Gasteiger partial charge in [-0.1, -0.05) is 140 Å². The topological polar surface area (TPSA) is 12.9 Å². The first-order valence-electron chi connectivity index (χ1n) is 16.4. The predicted octanol–water partition coefficient (Wildman–Crippen LogP) is 12.9. The van der Waals surface area contributed by atoms with E-state index in [0.29, 0.717) is 0 Å². The number of rotatable bonds is 5. The van der Waals surface area contributed by atoms with Crippen LogP contribution in [-0.2, 0) is 0 Å². The molecule has 0 aliphatic carbocycles. The van der Waals surface area contributed by atoms with Gasteiger partial charge in [-0.2, -0.15) is 0 Å². The van der Waals surface area contributed by atoms with E-state index in [-0.39, 0.29) is 0 Å². The molecule has 1 heteroatoms. The van der Waals surface area contributed by atoms with Crippen molar-refractivity contribution in [3.05, 3.63) is 188 Å². The third-order valence-corrected chi connectivity index (χ3v) is 9.57. The molecule has 0 spiro atoms. The molecule has 0 fully saturated rings. The third kappa shape index (κ3) is 5.03. The molecule has 8 aromatic carbocycles. The number of fused-ring (bicyclic) bond motifs is 6. The van der Waals surface area contributed by atoms with Gasteiger partial charge in [0.05, 0.1) is 0 Å². The first kappa shape index (κ1) is 28.0. The highest BCUT2D eigenvalue weighted by Gasteiger charge is 2.11. The van der Waals surface area contributed by atoms with Crippen molar-refractivity contribution in [2.24, 2.45) is 0 Å². The van der Waals surface area contributed by atoms with Gasteiger partial charge in [0.15, 0.2) is 0 Å². The Morgan fingerprint density at radius 1 is 0.208 bits per heavy atom. The van der Waals surface area contributed by atoms with Gasteiger partial charge in [-0.05, 0) is 124 Å². The normalized spacial score (nSPS) is 11.3. The first-order valence-corrected chi connectivity index (χ1v) is 16.4. The Morgan fingerprint density at radius 3 is 1.04 bits per heavy atom. The van der Waals surface area contributed by atoms with Gasteiger partial charge in [0.2, 0.25) is 0 Å². The molecule has 0 N–H and O–H groups in total. The molecule has 224 valence electrons. The van der Waals surface area contributed by atoms with Crippen LogP contribution in [0.5, 0.6) is 0 Å². The fourth-order valence-electron chi connectivity index (χ4n) is 7.10. The Morgan fingerprint density at radius 2 is 0.542 bits per heavy atom. The van der Waals surface area contributed by atoms with E-state index in [1.807, 2.05) is 12.4 Å². The maximum absolute atomic E-state index is 4.26. The molecule has 0 aliphatic rings. The number of hydrogen-bond donors (Lipinski definition) is 0. The number of aromatic nitrogens is 1. The minimum atomic E-state index is 1.15. The Hall–Kier alpha value is -6.31. The Kier molecular flexibility index (Phi) is 6.87. The molecular formula is C47H31N. The lowest BCUT2D eigenvalue weighted by Gasteiger charge is -2.13. The van der Waals surface area contributed by atoms with Gasteiger partial charge in [-0.3, -0.25) is 4.98 Å². The highest BCUT2D eigenvalue weighted by atomic mass is 14.6. The summed E-state index contributed by atoms with van der Waals surface area (Å²) < 4.78 is 0. The zero-order chi connectivity index (χ0) is 31.9. The van der Waals surface area contributed by atoms with Crippen LogP contribution in [0.2, 0.25) is 0 Å². The molecule has 0 bridgehead atoms. The molecule has 0 saturated heterocycles. The fourth-order valence-corrected chi connectivity index (χ4v) is 7.10. The maximum atomic E-state index is 4.26. The summed E-state index contributed by atoms with van der Waals surface area (Å²) in [5.41, 5.74) is 12.0. The summed E-state index contributed by atoms with van der Waals surface area (Å²) in [4.78, 5) is 4.26. The Balaban J connectivity index is 1.11. The molecule has 1 aromatic heterocycles. The monoisotopic (exact) mass is 609 g/mol. The van der Waals surface area contributed by atoms with E-state index in [1.165, 1.54) is 82.4 Å². The molecule has 1 nitrogen and oxygen atoms in total. The van der Waals surface area contributed by atoms with Crippen molar-refractivity contribution >= 4 is 32.3 Å². The van der Waals surface area contributed by atoms with Crippen LogP contribution in [0.4, 0.5) is 0 Å². The quantitative estimate of drug-likeness (QED) is 0.177. The lowest BCUT2D eigenvalue weighted by atomic mass is 9.91. The predicted molar refractivity (Wildman–Crippen MR) is 204 cm³/mol. The Bertz CT molecular complexity index is 2530. The molecule has 48 heavy (non-hydrogen) atoms. The second-order valence-electron chi connectivity index (χ2n) is 12.4. The van der Waals surface area contributed by atoms with Crippen LogP contribution in [0.15, 0.2) is 188 Å². The van der Waals surface area contributed by atoms with E-state index in [2.05, 4.69) is 181 Å². The first-order chi connectivity index (χ1) is 23.8. The van der Waals surface area contributed by atoms with Crippen molar-refractivity contribution in [2.75, 3.05) is 0 Å². The lowest BCUT2D eigenvalue weighted by Crippen LogP contribution is -1.88. The van der Waals surface area contributed by atoms with Gasteiger partial charge >= 0.3 is 0 Å². The van der Waals surface area contributed by atoms with Crippen molar-refractivity contribution in [2.45, 2.75) is 0 Å². The zero-order valence-electron chi connectivity index (χ0n) is 26.3. The summed E-state index contributed by atoms with van der Waals surface area (Å²) in [7, 11) is 0. The van der Waals surface area contributed by atoms with Crippen molar-refractivity contribution < 1.29 is 0 Å². The molecule has 0 unspecified atom stereocenters. The Labute approximate surface area is 280 Å². The minimum Gasteiger partial charge on any atom is -0.265 e. The molecule has 9 rings (SSSR count). The highest BCUT2D eigenvalue weighted by Crippen LogP contribution is 2.38. The summed E-state index contributed by atoms with van der Waals surface area (Å²) in [6.07, 6.45) is 3.72. The van der Waals surface area contributed by atoms with Crippen molar-refractivity contribution in [1.82, 2.24) is 4.98 Å². The van der Waals surface area contributed by atoms with E-state index in [1.54, 1.807) is 0 Å². The molecule has 0 atom stereocenters. The maximum Gasteiger partial charge on any atom is 0.0273 e. The molecule has 1 heterocycles. The van der Waals surface area contributed by atoms with Gasteiger partial charge in [0, 0.05) is 12.4 Å². The van der Waals surface area contributed by atoms with E-state index in [9.17, 15) is 0 Å². The number of benzene rings is 8. The van der Waals surface area contributed by atoms with Gasteiger partial charge in [0.25, 0.3) is 0 Å². The number of nitrogens with zero attached hydrogens (tertiary/aromatic N) is 1. The van der Waals surface area contributed by atoms with E-state index < -0.39 is 0 Å². The minimum absolute atomic E-state index is 1.15. The van der Waals surface area contributed by atoms with Gasteiger partial charge < -0.3 is 0 Å². The average molecular weight is 610 g/mol. The van der Waals surface area contributed by atoms with Crippen molar-refractivity contribution in [1.29, 1.82) is 0 Å². The van der Waals surface area contributed by atoms with E-state index in [4.69, 9.17) is 0 Å². The molecule has 0 amide bonds. The lowest BCUT2D eigenvalue weighted by molar-refractivity contribution is 1.33. The molecule has 0 aliphatic heterocycles. The zero-order valence-corrected chi connectivity index (χ0v) is 26.3. The average Bonchev–Trinajstić information content (AvgIpc) is 3.18.